The van der Waals surface area contributed by atoms with Crippen molar-refractivity contribution in [1.29, 1.82) is 0 Å². The average molecular weight is 373 g/mol. The second-order valence-electron chi connectivity index (χ2n) is 4.69. The van der Waals surface area contributed by atoms with Gasteiger partial charge in [-0.2, -0.15) is 0 Å². The molecule has 0 radical (unpaired) electrons. The molecular weight excluding hydrogens is 357 g/mol. The highest BCUT2D eigenvalue weighted by molar-refractivity contribution is 9.10. The number of nitrogens with one attached hydrogen (secondary N) is 1. The predicted octanol–water partition coefficient (Wildman–Crippen LogP) is 4.31. The Morgan fingerprint density at radius 3 is 2.86 bits per heavy atom. The van der Waals surface area contributed by atoms with Gasteiger partial charge in [-0.05, 0) is 52.7 Å². The van der Waals surface area contributed by atoms with Gasteiger partial charge in [0.05, 0.1) is 15.5 Å². The van der Waals surface area contributed by atoms with Crippen molar-refractivity contribution in [2.24, 2.45) is 0 Å². The third-order valence-electron chi connectivity index (χ3n) is 3.10. The Balaban J connectivity index is 2.46. The number of nitrogen functional groups attached to an aromatic ring is 1. The van der Waals surface area contributed by atoms with Gasteiger partial charge in [0.1, 0.15) is 11.6 Å². The zero-order chi connectivity index (χ0) is 15.4. The maximum atomic E-state index is 13.4. The molecule has 2 rings (SSSR count). The van der Waals surface area contributed by atoms with E-state index in [2.05, 4.69) is 33.2 Å². The summed E-state index contributed by atoms with van der Waals surface area (Å²) in [5.41, 5.74) is 7.65. The lowest BCUT2D eigenvalue weighted by Gasteiger charge is -2.21. The predicted molar refractivity (Wildman–Crippen MR) is 87.9 cm³/mol. The number of hydrogen-bond donors (Lipinski definition) is 2. The Kier molecular flexibility index (Phi) is 5.56. The Bertz CT molecular complexity index is 636. The molecule has 3 N–H and O–H groups in total. The molecule has 1 unspecified atom stereocenters. The lowest BCUT2D eigenvalue weighted by molar-refractivity contribution is 0.591. The van der Waals surface area contributed by atoms with Crippen LogP contribution >= 0.6 is 27.5 Å². The van der Waals surface area contributed by atoms with Crippen LogP contribution in [-0.4, -0.2) is 11.5 Å². The van der Waals surface area contributed by atoms with Crippen LogP contribution in [0.3, 0.4) is 0 Å². The molecule has 6 heteroatoms. The van der Waals surface area contributed by atoms with E-state index in [1.165, 1.54) is 12.3 Å². The van der Waals surface area contributed by atoms with E-state index >= 15 is 0 Å². The van der Waals surface area contributed by atoms with Crippen molar-refractivity contribution in [3.8, 4) is 0 Å². The molecule has 0 fully saturated rings. The number of hydrogen-bond acceptors (Lipinski definition) is 3. The third-order valence-corrected chi connectivity index (χ3v) is 3.92. The molecule has 21 heavy (non-hydrogen) atoms. The van der Waals surface area contributed by atoms with Crippen LogP contribution in [0.4, 0.5) is 10.2 Å². The van der Waals surface area contributed by atoms with Gasteiger partial charge < -0.3 is 11.1 Å². The quantitative estimate of drug-likeness (QED) is 0.822. The zero-order valence-corrected chi connectivity index (χ0v) is 13.9. The number of pyridine rings is 1. The third kappa shape index (κ3) is 3.93. The van der Waals surface area contributed by atoms with Crippen molar-refractivity contribution < 1.29 is 4.39 Å². The molecule has 0 bridgehead atoms. The highest BCUT2D eigenvalue weighted by Gasteiger charge is 2.18. The number of rotatable bonds is 5. The summed E-state index contributed by atoms with van der Waals surface area (Å²) in [6.07, 6.45) is 2.48. The maximum absolute atomic E-state index is 13.4. The Labute approximate surface area is 136 Å². The number of aromatic nitrogens is 1. The van der Waals surface area contributed by atoms with Gasteiger partial charge >= 0.3 is 0 Å². The minimum absolute atomic E-state index is 0.187. The largest absolute Gasteiger partial charge is 0.383 e. The highest BCUT2D eigenvalue weighted by atomic mass is 79.9. The van der Waals surface area contributed by atoms with Gasteiger partial charge in [-0.25, -0.2) is 9.37 Å². The molecule has 1 aromatic carbocycles. The Morgan fingerprint density at radius 1 is 1.43 bits per heavy atom. The molecule has 0 aliphatic heterocycles. The van der Waals surface area contributed by atoms with Crippen LogP contribution in [0.2, 0.25) is 5.02 Å². The van der Waals surface area contributed by atoms with Crippen LogP contribution < -0.4 is 11.1 Å². The van der Waals surface area contributed by atoms with Gasteiger partial charge in [0.25, 0.3) is 0 Å². The Hall–Kier alpha value is -1.17. The van der Waals surface area contributed by atoms with E-state index in [4.69, 9.17) is 17.3 Å². The first-order valence-electron chi connectivity index (χ1n) is 6.62. The lowest BCUT2D eigenvalue weighted by atomic mass is 9.99. The highest BCUT2D eigenvalue weighted by Crippen LogP contribution is 2.30. The van der Waals surface area contributed by atoms with Gasteiger partial charge in [0, 0.05) is 11.8 Å². The minimum Gasteiger partial charge on any atom is -0.383 e. The number of halogens is 3. The average Bonchev–Trinajstić information content (AvgIpc) is 2.46. The van der Waals surface area contributed by atoms with E-state index in [9.17, 15) is 4.39 Å². The van der Waals surface area contributed by atoms with Crippen LogP contribution in [-0.2, 0) is 0 Å². The van der Waals surface area contributed by atoms with Crippen molar-refractivity contribution in [3.05, 3.63) is 56.9 Å². The van der Waals surface area contributed by atoms with Crippen molar-refractivity contribution in [1.82, 2.24) is 10.3 Å². The molecule has 1 heterocycles. The molecule has 3 nitrogen and oxygen atoms in total. The number of anilines is 1. The van der Waals surface area contributed by atoms with E-state index in [1.54, 1.807) is 18.2 Å². The van der Waals surface area contributed by atoms with Gasteiger partial charge in [-0.15, -0.1) is 0 Å². The smallest absolute Gasteiger partial charge is 0.137 e. The number of nitrogens with two attached hydrogens (primary N) is 1. The first kappa shape index (κ1) is 16.2. The number of benzene rings is 1. The van der Waals surface area contributed by atoms with Gasteiger partial charge in [0.15, 0.2) is 0 Å². The molecule has 0 amide bonds. The summed E-state index contributed by atoms with van der Waals surface area (Å²) in [6, 6.07) is 6.49. The van der Waals surface area contributed by atoms with Crippen LogP contribution in [0.5, 0.6) is 0 Å². The standard InChI is InChI=1S/C15H16BrClFN3/c1-2-5-20-14(9-3-4-13(18)12(16)6-9)11-7-10(17)8-21-15(11)19/h3-4,6-8,14,20H,2,5H2,1H3,(H2,19,21). The summed E-state index contributed by atoms with van der Waals surface area (Å²) < 4.78 is 13.8. The van der Waals surface area contributed by atoms with Gasteiger partial charge in [-0.1, -0.05) is 24.6 Å². The first-order chi connectivity index (χ1) is 10.0. The molecular formula is C15H16BrClFN3. The zero-order valence-electron chi connectivity index (χ0n) is 11.5. The SMILES string of the molecule is CCCNC(c1ccc(F)c(Br)c1)c1cc(Cl)cnc1N. The summed E-state index contributed by atoms with van der Waals surface area (Å²) in [4.78, 5) is 4.09. The van der Waals surface area contributed by atoms with Crippen molar-refractivity contribution >= 4 is 33.3 Å². The minimum atomic E-state index is -0.301. The summed E-state index contributed by atoms with van der Waals surface area (Å²) >= 11 is 9.24. The lowest BCUT2D eigenvalue weighted by Crippen LogP contribution is -2.24. The van der Waals surface area contributed by atoms with E-state index in [0.717, 1.165) is 24.1 Å². The molecule has 112 valence electrons. The molecule has 0 aliphatic carbocycles. The molecule has 1 atom stereocenters. The second-order valence-corrected chi connectivity index (χ2v) is 5.98. The molecule has 2 aromatic rings. The van der Waals surface area contributed by atoms with E-state index in [-0.39, 0.29) is 11.9 Å². The van der Waals surface area contributed by atoms with Crippen molar-refractivity contribution in [2.75, 3.05) is 12.3 Å². The molecule has 0 aliphatic rings. The normalized spacial score (nSPS) is 12.4. The molecule has 0 saturated heterocycles. The Morgan fingerprint density at radius 2 is 2.19 bits per heavy atom. The van der Waals surface area contributed by atoms with Crippen LogP contribution in [0, 0.1) is 5.82 Å². The maximum Gasteiger partial charge on any atom is 0.137 e. The number of nitrogens with zero attached hydrogens (tertiary/aromatic N) is 1. The van der Waals surface area contributed by atoms with Gasteiger partial charge in [-0.3, -0.25) is 0 Å². The fraction of sp³-hybridized carbons (Fsp3) is 0.267. The molecule has 0 saturated carbocycles. The van der Waals surface area contributed by atoms with Crippen molar-refractivity contribution in [3.63, 3.8) is 0 Å². The summed E-state index contributed by atoms with van der Waals surface area (Å²) in [7, 11) is 0. The van der Waals surface area contributed by atoms with E-state index < -0.39 is 0 Å². The van der Waals surface area contributed by atoms with E-state index in [0.29, 0.717) is 15.3 Å². The molecule has 1 aromatic heterocycles. The van der Waals surface area contributed by atoms with Crippen LogP contribution in [0.15, 0.2) is 34.9 Å². The molecule has 0 spiro atoms. The van der Waals surface area contributed by atoms with Gasteiger partial charge in [0.2, 0.25) is 0 Å². The second kappa shape index (κ2) is 7.20. The van der Waals surface area contributed by atoms with E-state index in [1.807, 2.05) is 0 Å². The summed E-state index contributed by atoms with van der Waals surface area (Å²) in [5.74, 6) is 0.110. The fourth-order valence-electron chi connectivity index (χ4n) is 2.08. The topological polar surface area (TPSA) is 50.9 Å². The van der Waals surface area contributed by atoms with Crippen LogP contribution in [0.1, 0.15) is 30.5 Å². The first-order valence-corrected chi connectivity index (χ1v) is 7.79. The fourth-order valence-corrected chi connectivity index (χ4v) is 2.65. The monoisotopic (exact) mass is 371 g/mol. The van der Waals surface area contributed by atoms with Crippen molar-refractivity contribution in [2.45, 2.75) is 19.4 Å². The van der Waals surface area contributed by atoms with Crippen LogP contribution in [0.25, 0.3) is 0 Å². The summed E-state index contributed by atoms with van der Waals surface area (Å²) in [5, 5.41) is 3.91. The summed E-state index contributed by atoms with van der Waals surface area (Å²) in [6.45, 7) is 2.87.